The summed E-state index contributed by atoms with van der Waals surface area (Å²) < 4.78 is 5.13. The zero-order chi connectivity index (χ0) is 17.1. The number of nitrogen functional groups attached to an aromatic ring is 1. The van der Waals surface area contributed by atoms with Crippen LogP contribution in [0.2, 0.25) is 0 Å². The van der Waals surface area contributed by atoms with Crippen molar-refractivity contribution in [1.29, 1.82) is 0 Å². The predicted octanol–water partition coefficient (Wildman–Crippen LogP) is 3.16. The molecule has 1 aliphatic rings. The van der Waals surface area contributed by atoms with E-state index >= 15 is 0 Å². The maximum absolute atomic E-state index is 11.9. The fraction of sp³-hybridized carbons (Fsp3) is 0.444. The lowest BCUT2D eigenvalue weighted by Crippen LogP contribution is -2.09. The van der Waals surface area contributed by atoms with Crippen LogP contribution in [0.15, 0.2) is 11.6 Å². The van der Waals surface area contributed by atoms with E-state index in [1.54, 1.807) is 0 Å². The maximum atomic E-state index is 11.9. The summed E-state index contributed by atoms with van der Waals surface area (Å²) >= 11 is 0. The van der Waals surface area contributed by atoms with Gasteiger partial charge in [0.05, 0.1) is 11.3 Å². The second-order valence-electron chi connectivity index (χ2n) is 5.93. The maximum Gasteiger partial charge on any atom is 0.341 e. The number of hydrogen-bond donors (Lipinski definition) is 2. The zero-order valence-electron chi connectivity index (χ0n) is 13.9. The minimum atomic E-state index is -0.803. The van der Waals surface area contributed by atoms with Crippen molar-refractivity contribution in [3.8, 4) is 0 Å². The molecule has 1 aromatic carbocycles. The van der Waals surface area contributed by atoms with Gasteiger partial charge in [-0.2, -0.15) is 0 Å². The second kappa shape index (κ2) is 6.86. The minimum absolute atomic E-state index is 0.119. The fourth-order valence-electron chi connectivity index (χ4n) is 3.09. The lowest BCUT2D eigenvalue weighted by Gasteiger charge is -2.17. The van der Waals surface area contributed by atoms with E-state index in [1.807, 2.05) is 19.9 Å². The molecular weight excluding hydrogens is 294 g/mol. The Kier molecular flexibility index (Phi) is 5.08. The van der Waals surface area contributed by atoms with Crippen molar-refractivity contribution in [2.24, 2.45) is 0 Å². The van der Waals surface area contributed by atoms with Crippen LogP contribution in [0.4, 0.5) is 5.69 Å². The highest BCUT2D eigenvalue weighted by Gasteiger charge is 2.29. The first kappa shape index (κ1) is 17.1. The molecule has 1 aromatic rings. The average Bonchev–Trinajstić information content (AvgIpc) is 2.89. The summed E-state index contributed by atoms with van der Waals surface area (Å²) in [7, 11) is 0. The van der Waals surface area contributed by atoms with E-state index < -0.39 is 5.97 Å². The minimum Gasteiger partial charge on any atom is -0.481 e. The van der Waals surface area contributed by atoms with Crippen LogP contribution >= 0.6 is 0 Å². The summed E-state index contributed by atoms with van der Waals surface area (Å²) in [5.41, 5.74) is 12.4. The Morgan fingerprint density at radius 2 is 2.04 bits per heavy atom. The molecule has 0 unspecified atom stereocenters. The van der Waals surface area contributed by atoms with E-state index in [9.17, 15) is 9.59 Å². The number of carboxylic acids is 1. The van der Waals surface area contributed by atoms with E-state index in [4.69, 9.17) is 15.6 Å². The van der Waals surface area contributed by atoms with Crippen molar-refractivity contribution in [2.45, 2.75) is 53.1 Å². The number of nitrogens with two attached hydrogens (primary N) is 1. The van der Waals surface area contributed by atoms with Gasteiger partial charge in [0, 0.05) is 12.0 Å². The summed E-state index contributed by atoms with van der Waals surface area (Å²) in [5.74, 6) is -1.15. The summed E-state index contributed by atoms with van der Waals surface area (Å²) in [4.78, 5) is 22.6. The number of ether oxygens (including phenoxy) is 1. The summed E-state index contributed by atoms with van der Waals surface area (Å²) in [5, 5.41) is 8.75. The molecule has 0 spiro atoms. The lowest BCUT2D eigenvalue weighted by atomic mass is 9.88. The predicted molar refractivity (Wildman–Crippen MR) is 88.4 cm³/mol. The Morgan fingerprint density at radius 1 is 1.35 bits per heavy atom. The SMILES string of the molecule is CCc1c(C)c2c(c(N)c1CC=C(C)CCC(=O)O)C(=O)OC2. The molecule has 0 bridgehead atoms. The molecule has 1 aliphatic heterocycles. The van der Waals surface area contributed by atoms with Gasteiger partial charge in [-0.3, -0.25) is 4.79 Å². The molecule has 3 N–H and O–H groups in total. The van der Waals surface area contributed by atoms with Crippen LogP contribution in [-0.2, 0) is 29.0 Å². The monoisotopic (exact) mass is 317 g/mol. The first-order valence-electron chi connectivity index (χ1n) is 7.84. The van der Waals surface area contributed by atoms with Crippen molar-refractivity contribution in [2.75, 3.05) is 5.73 Å². The van der Waals surface area contributed by atoms with Crippen LogP contribution in [0, 0.1) is 6.92 Å². The molecular formula is C18H23NO4. The van der Waals surface area contributed by atoms with E-state index in [-0.39, 0.29) is 12.4 Å². The van der Waals surface area contributed by atoms with Gasteiger partial charge in [-0.1, -0.05) is 18.6 Å². The third-order valence-electron chi connectivity index (χ3n) is 4.46. The number of carbonyl (C=O) groups excluding carboxylic acids is 1. The molecule has 124 valence electrons. The van der Waals surface area contributed by atoms with Crippen LogP contribution in [-0.4, -0.2) is 17.0 Å². The van der Waals surface area contributed by atoms with Crippen molar-refractivity contribution >= 4 is 17.6 Å². The van der Waals surface area contributed by atoms with Gasteiger partial charge in [-0.05, 0) is 49.8 Å². The molecule has 0 saturated heterocycles. The number of carboxylic acid groups (broad SMARTS) is 1. The zero-order valence-corrected chi connectivity index (χ0v) is 13.9. The largest absolute Gasteiger partial charge is 0.481 e. The summed E-state index contributed by atoms with van der Waals surface area (Å²) in [6.07, 6.45) is 4.06. The van der Waals surface area contributed by atoms with Gasteiger partial charge in [0.1, 0.15) is 6.61 Å². The van der Waals surface area contributed by atoms with E-state index in [1.165, 1.54) is 0 Å². The number of allylic oxidation sites excluding steroid dienone is 2. The number of rotatable bonds is 6. The number of fused-ring (bicyclic) bond motifs is 1. The molecule has 0 amide bonds. The number of aliphatic carboxylic acids is 1. The normalized spacial score (nSPS) is 13.9. The molecule has 0 aromatic heterocycles. The molecule has 1 heterocycles. The third-order valence-corrected chi connectivity index (χ3v) is 4.46. The van der Waals surface area contributed by atoms with Crippen LogP contribution < -0.4 is 5.73 Å². The highest BCUT2D eigenvalue weighted by Crippen LogP contribution is 2.35. The van der Waals surface area contributed by atoms with Crippen molar-refractivity contribution in [3.05, 3.63) is 39.5 Å². The van der Waals surface area contributed by atoms with Gasteiger partial charge in [0.2, 0.25) is 0 Å². The highest BCUT2D eigenvalue weighted by atomic mass is 16.5. The smallest absolute Gasteiger partial charge is 0.341 e. The van der Waals surface area contributed by atoms with Crippen molar-refractivity contribution < 1.29 is 19.4 Å². The van der Waals surface area contributed by atoms with Crippen LogP contribution in [0.25, 0.3) is 0 Å². The first-order chi connectivity index (χ1) is 10.9. The molecule has 2 rings (SSSR count). The molecule has 0 radical (unpaired) electrons. The first-order valence-corrected chi connectivity index (χ1v) is 7.84. The number of carbonyl (C=O) groups is 2. The Labute approximate surface area is 136 Å². The molecule has 0 fully saturated rings. The molecule has 0 atom stereocenters. The Hall–Kier alpha value is -2.30. The van der Waals surface area contributed by atoms with Crippen molar-refractivity contribution in [1.82, 2.24) is 0 Å². The summed E-state index contributed by atoms with van der Waals surface area (Å²) in [6, 6.07) is 0. The quantitative estimate of drug-likeness (QED) is 0.478. The van der Waals surface area contributed by atoms with Gasteiger partial charge in [0.25, 0.3) is 0 Å². The molecule has 0 saturated carbocycles. The van der Waals surface area contributed by atoms with Gasteiger partial charge in [-0.25, -0.2) is 4.79 Å². The lowest BCUT2D eigenvalue weighted by molar-refractivity contribution is -0.136. The topological polar surface area (TPSA) is 89.6 Å². The molecule has 5 heteroatoms. The summed E-state index contributed by atoms with van der Waals surface area (Å²) in [6.45, 7) is 6.28. The highest BCUT2D eigenvalue weighted by molar-refractivity contribution is 6.00. The van der Waals surface area contributed by atoms with E-state index in [2.05, 4.69) is 6.92 Å². The van der Waals surface area contributed by atoms with Gasteiger partial charge < -0.3 is 15.6 Å². The number of hydrogen-bond acceptors (Lipinski definition) is 4. The molecule has 5 nitrogen and oxygen atoms in total. The fourth-order valence-corrected chi connectivity index (χ4v) is 3.09. The Balaban J connectivity index is 2.37. The Bertz CT molecular complexity index is 689. The number of cyclic esters (lactones) is 1. The van der Waals surface area contributed by atoms with Crippen molar-refractivity contribution in [3.63, 3.8) is 0 Å². The second-order valence-corrected chi connectivity index (χ2v) is 5.93. The van der Waals surface area contributed by atoms with Crippen LogP contribution in [0.5, 0.6) is 0 Å². The number of esters is 1. The van der Waals surface area contributed by atoms with E-state index in [0.717, 1.165) is 34.2 Å². The molecule has 0 aliphatic carbocycles. The van der Waals surface area contributed by atoms with Crippen LogP contribution in [0.3, 0.4) is 0 Å². The molecule has 23 heavy (non-hydrogen) atoms. The van der Waals surface area contributed by atoms with Gasteiger partial charge in [-0.15, -0.1) is 0 Å². The van der Waals surface area contributed by atoms with E-state index in [0.29, 0.717) is 30.7 Å². The van der Waals surface area contributed by atoms with Gasteiger partial charge in [0.15, 0.2) is 0 Å². The van der Waals surface area contributed by atoms with Gasteiger partial charge >= 0.3 is 11.9 Å². The standard InChI is InChI=1S/C18H23NO4/c1-4-12-11(3)14-9-23-18(22)16(14)17(19)13(12)7-5-10(2)6-8-15(20)21/h5H,4,6-9,19H2,1-3H3,(H,20,21). The third kappa shape index (κ3) is 3.38. The number of anilines is 1. The average molecular weight is 317 g/mol. The Morgan fingerprint density at radius 3 is 2.65 bits per heavy atom. The number of benzene rings is 1. The van der Waals surface area contributed by atoms with Crippen LogP contribution in [0.1, 0.15) is 59.3 Å².